The second kappa shape index (κ2) is 12.7. The van der Waals surface area contributed by atoms with E-state index in [-0.39, 0.29) is 34.0 Å². The molecule has 2 heterocycles. The molecular formula is C25H25Cl2FN3O4PS2. The number of alkyl halides is 1. The van der Waals surface area contributed by atoms with Crippen LogP contribution in [-0.4, -0.2) is 22.0 Å². The second-order valence-corrected chi connectivity index (χ2v) is 13.2. The highest BCUT2D eigenvalue weighted by Gasteiger charge is 2.35. The summed E-state index contributed by atoms with van der Waals surface area (Å²) in [5, 5.41) is 3.21. The van der Waals surface area contributed by atoms with Gasteiger partial charge in [0, 0.05) is 10.6 Å². The highest BCUT2D eigenvalue weighted by atomic mass is 35.5. The Morgan fingerprint density at radius 2 is 1.63 bits per heavy atom. The standard InChI is InChI=1S/C25H25Cl2FN3O4PS2/c1-16-17(2)38-24(37-15-9-3-8-14-28)22-23(29-25(32)31(16)22)30-36(33,34-20-12-6-4-10-18(20)26)35-21-13-7-5-11-19(21)27/h4-7,10-13H,3,8-9,14-15H2,1-2H3,(H,29,30,32,33). The normalized spacial score (nSPS) is 11.6. The summed E-state index contributed by atoms with van der Waals surface area (Å²) in [4.78, 5) is 18.1. The van der Waals surface area contributed by atoms with Crippen molar-refractivity contribution >= 4 is 59.9 Å². The summed E-state index contributed by atoms with van der Waals surface area (Å²) in [6, 6.07) is 13.0. The van der Waals surface area contributed by atoms with Gasteiger partial charge in [0.05, 0.1) is 20.9 Å². The summed E-state index contributed by atoms with van der Waals surface area (Å²) in [6.45, 7) is 3.40. The lowest BCUT2D eigenvalue weighted by Crippen LogP contribution is -2.17. The fraction of sp³-hybridized carbons (Fsp3) is 0.280. The van der Waals surface area contributed by atoms with Crippen LogP contribution in [-0.2, 0) is 4.57 Å². The fourth-order valence-corrected chi connectivity index (χ4v) is 7.88. The Labute approximate surface area is 238 Å². The van der Waals surface area contributed by atoms with Gasteiger partial charge in [0.1, 0.15) is 5.69 Å². The molecule has 0 fully saturated rings. The number of aromatic nitrogens is 2. The van der Waals surface area contributed by atoms with Gasteiger partial charge < -0.3 is 9.05 Å². The van der Waals surface area contributed by atoms with E-state index in [9.17, 15) is 13.8 Å². The first-order chi connectivity index (χ1) is 18.2. The molecule has 1 N–H and O–H groups in total. The van der Waals surface area contributed by atoms with Crippen LogP contribution in [0.25, 0.3) is 5.69 Å². The number of para-hydroxylation sites is 2. The Morgan fingerprint density at radius 3 is 2.21 bits per heavy atom. The molecule has 0 unspecified atom stereocenters. The van der Waals surface area contributed by atoms with Crippen LogP contribution in [0.15, 0.2) is 57.5 Å². The summed E-state index contributed by atoms with van der Waals surface area (Å²) in [7, 11) is -4.30. The van der Waals surface area contributed by atoms with Crippen molar-refractivity contribution in [3.8, 4) is 17.2 Å². The van der Waals surface area contributed by atoms with Crippen LogP contribution in [0.4, 0.5) is 10.2 Å². The first-order valence-electron chi connectivity index (χ1n) is 11.7. The number of rotatable bonds is 12. The SMILES string of the molecule is Cc1sc(SCCCCCF)c2c(NP(=O)(Oc3ccccc3Cl)Oc3ccccc3Cl)nc(=O)n-2c1C. The Hall–Kier alpha value is -2.23. The van der Waals surface area contributed by atoms with Gasteiger partial charge in [-0.15, -0.1) is 23.1 Å². The van der Waals surface area contributed by atoms with Crippen LogP contribution in [0.5, 0.6) is 11.5 Å². The van der Waals surface area contributed by atoms with Crippen LogP contribution >= 0.6 is 54.0 Å². The first-order valence-corrected chi connectivity index (χ1v) is 15.8. The topological polar surface area (TPSA) is 82.5 Å². The van der Waals surface area contributed by atoms with E-state index < -0.39 is 13.4 Å². The van der Waals surface area contributed by atoms with Crippen molar-refractivity contribution in [3.05, 3.63) is 79.6 Å². The van der Waals surface area contributed by atoms with Crippen LogP contribution in [0.2, 0.25) is 10.0 Å². The van der Waals surface area contributed by atoms with Crippen molar-refractivity contribution in [1.29, 1.82) is 0 Å². The van der Waals surface area contributed by atoms with E-state index in [4.69, 9.17) is 32.2 Å². The summed E-state index contributed by atoms with van der Waals surface area (Å²) in [5.41, 5.74) is 0.646. The monoisotopic (exact) mass is 615 g/mol. The number of hydrogen-bond acceptors (Lipinski definition) is 7. The van der Waals surface area contributed by atoms with Gasteiger partial charge in [-0.2, -0.15) is 4.98 Å². The van der Waals surface area contributed by atoms with Gasteiger partial charge in [0.2, 0.25) is 0 Å². The van der Waals surface area contributed by atoms with E-state index in [2.05, 4.69) is 10.1 Å². The quantitative estimate of drug-likeness (QED) is 0.0970. The van der Waals surface area contributed by atoms with Crippen molar-refractivity contribution in [1.82, 2.24) is 9.55 Å². The Bertz CT molecular complexity index is 1450. The predicted molar refractivity (Wildman–Crippen MR) is 154 cm³/mol. The summed E-state index contributed by atoms with van der Waals surface area (Å²) in [5.74, 6) is 0.987. The van der Waals surface area contributed by atoms with Crippen molar-refractivity contribution in [3.63, 3.8) is 0 Å². The molecule has 38 heavy (non-hydrogen) atoms. The van der Waals surface area contributed by atoms with Crippen molar-refractivity contribution < 1.29 is 18.0 Å². The number of fused-ring (bicyclic) bond motifs is 1. The lowest BCUT2D eigenvalue weighted by Gasteiger charge is -2.22. The second-order valence-electron chi connectivity index (χ2n) is 8.21. The maximum Gasteiger partial charge on any atom is 0.543 e. The molecule has 0 spiro atoms. The molecule has 7 nitrogen and oxygen atoms in total. The molecule has 0 atom stereocenters. The van der Waals surface area contributed by atoms with Gasteiger partial charge in [-0.1, -0.05) is 53.9 Å². The van der Waals surface area contributed by atoms with Gasteiger partial charge in [-0.25, -0.2) is 9.36 Å². The average molecular weight is 617 g/mol. The largest absolute Gasteiger partial charge is 0.543 e. The van der Waals surface area contributed by atoms with Gasteiger partial charge in [-0.3, -0.25) is 14.0 Å². The Balaban J connectivity index is 1.76. The van der Waals surface area contributed by atoms with Crippen LogP contribution < -0.4 is 19.8 Å². The molecule has 0 amide bonds. The summed E-state index contributed by atoms with van der Waals surface area (Å²) in [6.07, 6.45) is 2.09. The third-order valence-corrected chi connectivity index (χ3v) is 10.0. The number of aryl methyl sites for hydroxylation is 1. The van der Waals surface area contributed by atoms with Crippen molar-refractivity contribution in [2.75, 3.05) is 17.5 Å². The van der Waals surface area contributed by atoms with E-state index >= 15 is 0 Å². The van der Waals surface area contributed by atoms with Gasteiger partial charge in [-0.05, 0) is 56.7 Å². The number of benzene rings is 2. The smallest absolute Gasteiger partial charge is 0.399 e. The molecule has 2 aliphatic rings. The molecule has 0 aliphatic carbocycles. The fourth-order valence-electron chi connectivity index (χ4n) is 3.52. The highest BCUT2D eigenvalue weighted by molar-refractivity contribution is 8.01. The number of nitrogens with zero attached hydrogens (tertiary/aromatic N) is 2. The van der Waals surface area contributed by atoms with E-state index in [1.54, 1.807) is 48.5 Å². The molecule has 0 bridgehead atoms. The minimum absolute atomic E-state index is 0.0445. The molecule has 2 aromatic rings. The molecule has 0 radical (unpaired) electrons. The Morgan fingerprint density at radius 1 is 1.03 bits per heavy atom. The average Bonchev–Trinajstić information content (AvgIpc) is 3.20. The number of halogens is 3. The number of unbranched alkanes of at least 4 members (excludes halogenated alkanes) is 2. The predicted octanol–water partition coefficient (Wildman–Crippen LogP) is 8.57. The number of hydrogen-bond donors (Lipinski definition) is 1. The molecule has 202 valence electrons. The summed E-state index contributed by atoms with van der Waals surface area (Å²) >= 11 is 15.6. The molecule has 0 aromatic heterocycles. The summed E-state index contributed by atoms with van der Waals surface area (Å²) < 4.78 is 40.6. The Kier molecular flexibility index (Phi) is 9.65. The highest BCUT2D eigenvalue weighted by Crippen LogP contribution is 2.52. The van der Waals surface area contributed by atoms with Gasteiger partial charge in [0.25, 0.3) is 0 Å². The van der Waals surface area contributed by atoms with Crippen LogP contribution in [0, 0.1) is 13.8 Å². The minimum atomic E-state index is -4.30. The zero-order valence-corrected chi connectivity index (χ0v) is 24.6. The van der Waals surface area contributed by atoms with E-state index in [0.29, 0.717) is 17.8 Å². The van der Waals surface area contributed by atoms with E-state index in [0.717, 1.165) is 27.7 Å². The van der Waals surface area contributed by atoms with Crippen molar-refractivity contribution in [2.24, 2.45) is 0 Å². The molecule has 4 rings (SSSR count). The number of nitrogens with one attached hydrogen (secondary N) is 1. The minimum Gasteiger partial charge on any atom is -0.399 e. The van der Waals surface area contributed by atoms with Gasteiger partial charge in [0.15, 0.2) is 17.3 Å². The molecule has 2 aliphatic heterocycles. The van der Waals surface area contributed by atoms with Gasteiger partial charge >= 0.3 is 13.4 Å². The number of imidazole rings is 1. The third kappa shape index (κ3) is 6.66. The van der Waals surface area contributed by atoms with Crippen molar-refractivity contribution in [2.45, 2.75) is 37.3 Å². The lowest BCUT2D eigenvalue weighted by molar-refractivity contribution is 0.393. The zero-order valence-electron chi connectivity index (χ0n) is 20.6. The van der Waals surface area contributed by atoms with E-state index in [1.165, 1.54) is 27.7 Å². The van der Waals surface area contributed by atoms with Crippen LogP contribution in [0.3, 0.4) is 0 Å². The number of anilines is 1. The maximum absolute atomic E-state index is 14.2. The van der Waals surface area contributed by atoms with Crippen LogP contribution in [0.1, 0.15) is 29.8 Å². The lowest BCUT2D eigenvalue weighted by atomic mass is 10.3. The zero-order chi connectivity index (χ0) is 27.3. The third-order valence-electron chi connectivity index (χ3n) is 5.50. The first kappa shape index (κ1) is 28.8. The molecule has 0 saturated heterocycles. The number of thioether (sulfide) groups is 1. The van der Waals surface area contributed by atoms with E-state index in [1.807, 2.05) is 13.8 Å². The molecule has 13 heteroatoms. The molecular weight excluding hydrogens is 591 g/mol. The molecule has 2 aromatic carbocycles. The maximum atomic E-state index is 14.2. The molecule has 0 saturated carbocycles.